The van der Waals surface area contributed by atoms with Crippen LogP contribution in [0.15, 0.2) is 0 Å². The maximum Gasteiger partial charge on any atom is 0.404 e. The van der Waals surface area contributed by atoms with E-state index in [9.17, 15) is 14.4 Å². The van der Waals surface area contributed by atoms with Crippen molar-refractivity contribution >= 4 is 29.8 Å². The van der Waals surface area contributed by atoms with Gasteiger partial charge in [-0.2, -0.15) is 8.75 Å². The van der Waals surface area contributed by atoms with Gasteiger partial charge in [-0.3, -0.25) is 10.1 Å². The molecular weight excluding hydrogens is 262 g/mol. The topological polar surface area (TPSA) is 133 Å². The molecule has 2 heterocycles. The van der Waals surface area contributed by atoms with Crippen LogP contribution >= 0.6 is 11.7 Å². The average molecular weight is 271 g/mol. The molecule has 18 heavy (non-hydrogen) atoms. The van der Waals surface area contributed by atoms with E-state index in [1.165, 1.54) is 0 Å². The minimum absolute atomic E-state index is 0.240. The molecule has 1 saturated heterocycles. The van der Waals surface area contributed by atoms with Gasteiger partial charge in [0.2, 0.25) is 0 Å². The molecule has 1 aliphatic rings. The molecular formula is C8H9N5O4S. The van der Waals surface area contributed by atoms with Gasteiger partial charge < -0.3 is 15.7 Å². The van der Waals surface area contributed by atoms with Crippen LogP contribution in [0.1, 0.15) is 11.4 Å². The predicted octanol–water partition coefficient (Wildman–Crippen LogP) is -0.851. The van der Waals surface area contributed by atoms with Crippen LogP contribution in [-0.4, -0.2) is 38.4 Å². The fourth-order valence-corrected chi connectivity index (χ4v) is 2.31. The van der Waals surface area contributed by atoms with E-state index in [-0.39, 0.29) is 12.2 Å². The summed E-state index contributed by atoms with van der Waals surface area (Å²) < 4.78 is 7.87. The molecule has 0 spiro atoms. The normalized spacial score (nSPS) is 22.5. The molecule has 1 unspecified atom stereocenters. The lowest BCUT2D eigenvalue weighted by atomic mass is 9.94. The van der Waals surface area contributed by atoms with Crippen LogP contribution in [0.25, 0.3) is 0 Å². The number of carbonyl (C=O) groups is 3. The first-order valence-electron chi connectivity index (χ1n) is 4.86. The van der Waals surface area contributed by atoms with Gasteiger partial charge in [0.15, 0.2) is 5.54 Å². The van der Waals surface area contributed by atoms with Crippen LogP contribution in [0.3, 0.4) is 0 Å². The Bertz CT molecular complexity index is 529. The minimum Gasteiger partial charge on any atom is -0.465 e. The molecule has 4 N–H and O–H groups in total. The Kier molecular flexibility index (Phi) is 2.87. The van der Waals surface area contributed by atoms with E-state index >= 15 is 0 Å². The fraction of sp³-hybridized carbons (Fsp3) is 0.375. The summed E-state index contributed by atoms with van der Waals surface area (Å²) in [7, 11) is 0. The monoisotopic (exact) mass is 271 g/mol. The van der Waals surface area contributed by atoms with Gasteiger partial charge in [0, 0.05) is 0 Å². The lowest BCUT2D eigenvalue weighted by molar-refractivity contribution is -0.124. The highest BCUT2D eigenvalue weighted by Crippen LogP contribution is 2.25. The van der Waals surface area contributed by atoms with Gasteiger partial charge in [-0.25, -0.2) is 9.59 Å². The summed E-state index contributed by atoms with van der Waals surface area (Å²) in [6.07, 6.45) is -1.30. The van der Waals surface area contributed by atoms with Crippen LogP contribution in [0.5, 0.6) is 0 Å². The molecule has 1 aliphatic heterocycles. The second kappa shape index (κ2) is 4.22. The van der Waals surface area contributed by atoms with Crippen LogP contribution in [0.4, 0.5) is 9.59 Å². The molecule has 4 amide bonds. The minimum atomic E-state index is -1.54. The molecule has 1 aromatic rings. The van der Waals surface area contributed by atoms with E-state index in [0.717, 1.165) is 11.7 Å². The zero-order chi connectivity index (χ0) is 13.3. The van der Waals surface area contributed by atoms with Crippen molar-refractivity contribution in [3.63, 3.8) is 0 Å². The summed E-state index contributed by atoms with van der Waals surface area (Å²) in [4.78, 5) is 33.7. The first-order valence-corrected chi connectivity index (χ1v) is 5.59. The third-order valence-electron chi connectivity index (χ3n) is 2.50. The van der Waals surface area contributed by atoms with Crippen molar-refractivity contribution in [1.29, 1.82) is 0 Å². The van der Waals surface area contributed by atoms with Crippen molar-refractivity contribution in [3.05, 3.63) is 11.4 Å². The van der Waals surface area contributed by atoms with Crippen molar-refractivity contribution in [2.24, 2.45) is 0 Å². The summed E-state index contributed by atoms with van der Waals surface area (Å²) in [5.74, 6) is -0.656. The van der Waals surface area contributed by atoms with E-state index < -0.39 is 23.6 Å². The highest BCUT2D eigenvalue weighted by atomic mass is 32.1. The number of nitrogens with one attached hydrogen (secondary N) is 3. The van der Waals surface area contributed by atoms with Crippen LogP contribution < -0.4 is 16.0 Å². The Morgan fingerprint density at radius 1 is 1.50 bits per heavy atom. The number of carboxylic acid groups (broad SMARTS) is 1. The van der Waals surface area contributed by atoms with E-state index in [0.29, 0.717) is 5.69 Å². The first kappa shape index (κ1) is 12.2. The third-order valence-corrected chi connectivity index (χ3v) is 3.12. The van der Waals surface area contributed by atoms with Gasteiger partial charge in [-0.05, 0) is 6.92 Å². The van der Waals surface area contributed by atoms with Crippen molar-refractivity contribution in [1.82, 2.24) is 24.7 Å². The molecule has 96 valence electrons. The SMILES string of the molecule is Cc1nsnc1C1(CNC(=O)O)NC(=O)NC1=O. The Balaban J connectivity index is 2.40. The molecule has 0 aliphatic carbocycles. The largest absolute Gasteiger partial charge is 0.465 e. The molecule has 0 aromatic carbocycles. The smallest absolute Gasteiger partial charge is 0.404 e. The lowest BCUT2D eigenvalue weighted by Gasteiger charge is -2.23. The highest BCUT2D eigenvalue weighted by Gasteiger charge is 2.50. The van der Waals surface area contributed by atoms with Crippen molar-refractivity contribution in [2.75, 3.05) is 6.54 Å². The average Bonchev–Trinajstić information content (AvgIpc) is 2.81. The highest BCUT2D eigenvalue weighted by molar-refractivity contribution is 6.99. The van der Waals surface area contributed by atoms with Crippen molar-refractivity contribution in [2.45, 2.75) is 12.5 Å². The fourth-order valence-electron chi connectivity index (χ4n) is 1.69. The number of aromatic nitrogens is 2. The van der Waals surface area contributed by atoms with Crippen molar-refractivity contribution in [3.8, 4) is 0 Å². The second-order valence-corrected chi connectivity index (χ2v) is 4.20. The number of nitrogens with zero attached hydrogens (tertiary/aromatic N) is 2. The van der Waals surface area contributed by atoms with E-state index in [1.54, 1.807) is 6.92 Å². The van der Waals surface area contributed by atoms with Gasteiger partial charge in [-0.1, -0.05) is 0 Å². The predicted molar refractivity (Wildman–Crippen MR) is 59.0 cm³/mol. The van der Waals surface area contributed by atoms with Crippen molar-refractivity contribution < 1.29 is 19.5 Å². The zero-order valence-electron chi connectivity index (χ0n) is 9.18. The standard InChI is InChI=1S/C8H9N5O4S/c1-3-4(13-18-12-3)8(2-9-7(16)17)5(14)10-6(15)11-8/h9H,2H2,1H3,(H,16,17)(H2,10,11,14,15). The van der Waals surface area contributed by atoms with Gasteiger partial charge in [0.05, 0.1) is 24.0 Å². The maximum atomic E-state index is 11.9. The number of imide groups is 1. The Labute approximate surface area is 105 Å². The zero-order valence-corrected chi connectivity index (χ0v) is 10.00. The van der Waals surface area contributed by atoms with Gasteiger partial charge in [-0.15, -0.1) is 0 Å². The van der Waals surface area contributed by atoms with Gasteiger partial charge in [0.25, 0.3) is 5.91 Å². The lowest BCUT2D eigenvalue weighted by Crippen LogP contribution is -2.53. The van der Waals surface area contributed by atoms with E-state index in [1.807, 2.05) is 0 Å². The van der Waals surface area contributed by atoms with E-state index in [2.05, 4.69) is 24.7 Å². The van der Waals surface area contributed by atoms with Gasteiger partial charge >= 0.3 is 12.1 Å². The third kappa shape index (κ3) is 1.86. The van der Waals surface area contributed by atoms with Crippen LogP contribution in [-0.2, 0) is 10.3 Å². The second-order valence-electron chi connectivity index (χ2n) is 3.67. The number of rotatable bonds is 3. The Morgan fingerprint density at radius 3 is 2.67 bits per heavy atom. The summed E-state index contributed by atoms with van der Waals surface area (Å²) in [6.45, 7) is 1.31. The number of aryl methyl sites for hydroxylation is 1. The van der Waals surface area contributed by atoms with Crippen LogP contribution in [0, 0.1) is 6.92 Å². The van der Waals surface area contributed by atoms with Gasteiger partial charge in [0.1, 0.15) is 5.69 Å². The molecule has 2 rings (SSSR count). The number of hydrogen-bond donors (Lipinski definition) is 4. The maximum absolute atomic E-state index is 11.9. The van der Waals surface area contributed by atoms with E-state index in [4.69, 9.17) is 5.11 Å². The molecule has 0 radical (unpaired) electrons. The number of urea groups is 1. The molecule has 0 saturated carbocycles. The summed E-state index contributed by atoms with van der Waals surface area (Å²) in [6, 6.07) is -0.695. The molecule has 0 bridgehead atoms. The Morgan fingerprint density at radius 2 is 2.22 bits per heavy atom. The molecule has 9 nitrogen and oxygen atoms in total. The molecule has 1 fully saturated rings. The number of hydrogen-bond acceptors (Lipinski definition) is 6. The number of amides is 4. The molecule has 1 atom stereocenters. The summed E-state index contributed by atoms with van der Waals surface area (Å²) >= 11 is 0.883. The number of carbonyl (C=O) groups excluding carboxylic acids is 2. The summed E-state index contributed by atoms with van der Waals surface area (Å²) in [5.41, 5.74) is -0.832. The summed E-state index contributed by atoms with van der Waals surface area (Å²) in [5, 5.41) is 15.1. The molecule has 10 heteroatoms. The first-order chi connectivity index (χ1) is 8.45. The Hall–Kier alpha value is -2.23. The van der Waals surface area contributed by atoms with Crippen LogP contribution in [0.2, 0.25) is 0 Å². The molecule has 1 aromatic heterocycles. The quantitative estimate of drug-likeness (QED) is 0.529.